The lowest BCUT2D eigenvalue weighted by Gasteiger charge is -2.25. The number of benzene rings is 2. The number of rotatable bonds is 6. The third-order valence-electron chi connectivity index (χ3n) is 6.90. The van der Waals surface area contributed by atoms with E-state index < -0.39 is 12.1 Å². The van der Waals surface area contributed by atoms with Crippen LogP contribution in [0.4, 0.5) is 0 Å². The van der Waals surface area contributed by atoms with E-state index in [0.29, 0.717) is 12.2 Å². The van der Waals surface area contributed by atoms with Gasteiger partial charge >= 0.3 is 5.97 Å². The van der Waals surface area contributed by atoms with Gasteiger partial charge in [-0.1, -0.05) is 6.07 Å². The Labute approximate surface area is 220 Å². The quantitative estimate of drug-likeness (QED) is 0.289. The fourth-order valence-electron chi connectivity index (χ4n) is 5.33. The summed E-state index contributed by atoms with van der Waals surface area (Å²) in [6.07, 6.45) is 2.90. The number of aryl methyl sites for hydroxylation is 1. The highest BCUT2D eigenvalue weighted by atomic mass is 16.5. The van der Waals surface area contributed by atoms with Gasteiger partial charge in [-0.3, -0.25) is 9.97 Å². The number of nitrogens with zero attached hydrogens (tertiary/aromatic N) is 3. The van der Waals surface area contributed by atoms with E-state index in [4.69, 9.17) is 19.4 Å². The summed E-state index contributed by atoms with van der Waals surface area (Å²) in [6.45, 7) is 6.21. The van der Waals surface area contributed by atoms with Gasteiger partial charge in [0.15, 0.2) is 6.10 Å². The minimum Gasteiger partial charge on any atom is -0.493 e. The monoisotopic (exact) mass is 505 g/mol. The zero-order chi connectivity index (χ0) is 26.4. The minimum absolute atomic E-state index is 0.286. The van der Waals surface area contributed by atoms with Crippen LogP contribution in [0.1, 0.15) is 36.6 Å². The molecule has 6 rings (SSSR count). The van der Waals surface area contributed by atoms with Gasteiger partial charge in [-0.25, -0.2) is 9.78 Å². The van der Waals surface area contributed by atoms with E-state index in [9.17, 15) is 9.90 Å². The Morgan fingerprint density at radius 1 is 1.03 bits per heavy atom. The zero-order valence-electron chi connectivity index (χ0n) is 21.4. The standard InChI is InChI=1S/C31H27N3O4/c1-17(2)38-30(31(35)36)26-18(3)16-24-20(7-9-23(34-24)22-6-4-5-13-32-22)28(26)21-8-10-25-27-19(12-15-37-25)11-14-33-29(21)27/h4-11,13-14,16-17,30H,12,15H2,1-3H3,(H,35,36)/t30-/m0/s1. The Morgan fingerprint density at radius 2 is 1.89 bits per heavy atom. The van der Waals surface area contributed by atoms with Crippen LogP contribution in [0.25, 0.3) is 44.3 Å². The van der Waals surface area contributed by atoms with E-state index in [1.807, 2.05) is 81.6 Å². The van der Waals surface area contributed by atoms with E-state index in [2.05, 4.69) is 4.98 Å². The fourth-order valence-corrected chi connectivity index (χ4v) is 5.33. The number of hydrogen-bond donors (Lipinski definition) is 1. The maximum atomic E-state index is 12.6. The normalized spacial score (nSPS) is 13.6. The molecule has 2 aromatic carbocycles. The predicted molar refractivity (Wildman–Crippen MR) is 146 cm³/mol. The number of pyridine rings is 3. The molecule has 38 heavy (non-hydrogen) atoms. The zero-order valence-corrected chi connectivity index (χ0v) is 21.4. The summed E-state index contributed by atoms with van der Waals surface area (Å²) in [5.41, 5.74) is 7.16. The SMILES string of the molecule is Cc1cc2nc(-c3ccccn3)ccc2c(-c2ccc3c4c(ccnc24)CCO3)c1[C@H](OC(C)C)C(=O)O. The first kappa shape index (κ1) is 24.0. The van der Waals surface area contributed by atoms with Gasteiger partial charge in [-0.2, -0.15) is 0 Å². The first-order valence-corrected chi connectivity index (χ1v) is 12.7. The highest BCUT2D eigenvalue weighted by Crippen LogP contribution is 2.44. The second-order valence-corrected chi connectivity index (χ2v) is 9.77. The van der Waals surface area contributed by atoms with Gasteiger partial charge in [-0.15, -0.1) is 0 Å². The van der Waals surface area contributed by atoms with Crippen molar-refractivity contribution in [2.75, 3.05) is 6.61 Å². The number of aromatic nitrogens is 3. The maximum Gasteiger partial charge on any atom is 0.337 e. The van der Waals surface area contributed by atoms with Crippen molar-refractivity contribution in [3.63, 3.8) is 0 Å². The van der Waals surface area contributed by atoms with Gasteiger partial charge in [0.25, 0.3) is 0 Å². The van der Waals surface area contributed by atoms with Crippen molar-refractivity contribution in [3.8, 4) is 28.3 Å². The molecule has 0 unspecified atom stereocenters. The molecular weight excluding hydrogens is 478 g/mol. The van der Waals surface area contributed by atoms with E-state index in [1.165, 1.54) is 5.56 Å². The molecule has 4 heterocycles. The summed E-state index contributed by atoms with van der Waals surface area (Å²) in [7, 11) is 0. The molecule has 5 aromatic rings. The molecule has 0 saturated carbocycles. The van der Waals surface area contributed by atoms with Crippen molar-refractivity contribution in [2.24, 2.45) is 0 Å². The molecule has 3 aromatic heterocycles. The molecule has 1 atom stereocenters. The Morgan fingerprint density at radius 3 is 2.66 bits per heavy atom. The van der Waals surface area contributed by atoms with Gasteiger partial charge in [0.2, 0.25) is 0 Å². The van der Waals surface area contributed by atoms with Gasteiger partial charge in [0, 0.05) is 40.7 Å². The van der Waals surface area contributed by atoms with Crippen molar-refractivity contribution in [2.45, 2.75) is 39.4 Å². The molecule has 7 nitrogen and oxygen atoms in total. The van der Waals surface area contributed by atoms with E-state index in [-0.39, 0.29) is 6.10 Å². The molecule has 1 N–H and O–H groups in total. The van der Waals surface area contributed by atoms with E-state index in [0.717, 1.165) is 62.1 Å². The lowest BCUT2D eigenvalue weighted by atomic mass is 9.86. The minimum atomic E-state index is -1.16. The molecule has 0 bridgehead atoms. The predicted octanol–water partition coefficient (Wildman–Crippen LogP) is 6.31. The summed E-state index contributed by atoms with van der Waals surface area (Å²) in [6, 6.07) is 17.5. The summed E-state index contributed by atoms with van der Waals surface area (Å²) >= 11 is 0. The number of hydrogen-bond acceptors (Lipinski definition) is 6. The Bertz CT molecular complexity index is 1690. The largest absolute Gasteiger partial charge is 0.493 e. The third kappa shape index (κ3) is 4.05. The molecule has 1 aliphatic heterocycles. The van der Waals surface area contributed by atoms with E-state index >= 15 is 0 Å². The van der Waals surface area contributed by atoms with Crippen LogP contribution in [-0.4, -0.2) is 38.7 Å². The Hall–Kier alpha value is -4.36. The van der Waals surface area contributed by atoms with Gasteiger partial charge in [-0.05, 0) is 86.0 Å². The highest BCUT2D eigenvalue weighted by molar-refractivity contribution is 6.08. The Kier molecular flexibility index (Phi) is 6.00. The van der Waals surface area contributed by atoms with Gasteiger partial charge < -0.3 is 14.6 Å². The number of carbonyl (C=O) groups is 1. The molecule has 0 spiro atoms. The molecule has 0 amide bonds. The lowest BCUT2D eigenvalue weighted by Crippen LogP contribution is -2.21. The Balaban J connectivity index is 1.70. The van der Waals surface area contributed by atoms with Crippen LogP contribution in [0.15, 0.2) is 67.0 Å². The molecule has 7 heteroatoms. The van der Waals surface area contributed by atoms with Crippen LogP contribution >= 0.6 is 0 Å². The van der Waals surface area contributed by atoms with Crippen molar-refractivity contribution in [1.29, 1.82) is 0 Å². The average Bonchev–Trinajstić information content (AvgIpc) is 2.92. The number of carboxylic acid groups (broad SMARTS) is 1. The van der Waals surface area contributed by atoms with Gasteiger partial charge in [0.05, 0.1) is 35.1 Å². The van der Waals surface area contributed by atoms with Crippen LogP contribution in [0.3, 0.4) is 0 Å². The summed E-state index contributed by atoms with van der Waals surface area (Å²) in [4.78, 5) is 26.8. The second-order valence-electron chi connectivity index (χ2n) is 9.77. The number of ether oxygens (including phenoxy) is 2. The summed E-state index contributed by atoms with van der Waals surface area (Å²) in [5, 5.41) is 12.1. The first-order valence-electron chi connectivity index (χ1n) is 12.7. The summed E-state index contributed by atoms with van der Waals surface area (Å²) < 4.78 is 12.0. The van der Waals surface area contributed by atoms with Crippen molar-refractivity contribution < 1.29 is 19.4 Å². The molecule has 0 fully saturated rings. The molecule has 0 saturated heterocycles. The topological polar surface area (TPSA) is 94.4 Å². The van der Waals surface area contributed by atoms with Crippen LogP contribution in [0.2, 0.25) is 0 Å². The van der Waals surface area contributed by atoms with E-state index in [1.54, 1.807) is 6.20 Å². The van der Waals surface area contributed by atoms with Crippen LogP contribution in [-0.2, 0) is 16.0 Å². The van der Waals surface area contributed by atoms with Crippen LogP contribution in [0, 0.1) is 6.92 Å². The highest BCUT2D eigenvalue weighted by Gasteiger charge is 2.30. The van der Waals surface area contributed by atoms with Crippen LogP contribution in [0.5, 0.6) is 5.75 Å². The number of aliphatic carboxylic acids is 1. The third-order valence-corrected chi connectivity index (χ3v) is 6.90. The molecular formula is C31H27N3O4. The molecule has 0 radical (unpaired) electrons. The average molecular weight is 506 g/mol. The second kappa shape index (κ2) is 9.50. The first-order chi connectivity index (χ1) is 18.4. The molecule has 190 valence electrons. The molecule has 1 aliphatic rings. The maximum absolute atomic E-state index is 12.6. The number of fused-ring (bicyclic) bond motifs is 1. The van der Waals surface area contributed by atoms with Crippen molar-refractivity contribution in [1.82, 2.24) is 15.0 Å². The summed E-state index contributed by atoms with van der Waals surface area (Å²) in [5.74, 6) is -0.250. The van der Waals surface area contributed by atoms with Gasteiger partial charge in [0.1, 0.15) is 5.75 Å². The molecule has 0 aliphatic carbocycles. The van der Waals surface area contributed by atoms with Crippen LogP contribution < -0.4 is 4.74 Å². The van der Waals surface area contributed by atoms with Crippen molar-refractivity contribution in [3.05, 3.63) is 83.7 Å². The smallest absolute Gasteiger partial charge is 0.337 e. The van der Waals surface area contributed by atoms with Crippen molar-refractivity contribution >= 4 is 27.8 Å². The lowest BCUT2D eigenvalue weighted by molar-refractivity contribution is -0.153. The number of carboxylic acids is 1. The fraction of sp³-hybridized carbons (Fsp3) is 0.226.